The number of fused-ring (bicyclic) bond motifs is 5. The summed E-state index contributed by atoms with van der Waals surface area (Å²) in [6.45, 7) is 13.0. The number of allylic oxidation sites excluding steroid dienone is 6. The molecule has 37 heteroatoms. The zero-order chi connectivity index (χ0) is 92.2. The second kappa shape index (κ2) is 51.9. The van der Waals surface area contributed by atoms with Gasteiger partial charge in [-0.25, -0.2) is 28.9 Å². The number of nitrogens with one attached hydrogen (secondary N) is 4. The normalized spacial score (nSPS) is 25.8. The number of nitrogen functional groups attached to an aromatic ring is 2. The van der Waals surface area contributed by atoms with E-state index in [2.05, 4.69) is 46.4 Å². The molecule has 4 amide bonds. The highest BCUT2D eigenvalue weighted by molar-refractivity contribution is 6.39. The van der Waals surface area contributed by atoms with E-state index in [0.29, 0.717) is 137 Å². The summed E-state index contributed by atoms with van der Waals surface area (Å²) in [5.41, 5.74) is 25.9. The Morgan fingerprint density at radius 3 is 2.19 bits per heavy atom. The van der Waals surface area contributed by atoms with E-state index in [1.807, 2.05) is 104 Å². The number of Topliss-reactive ketones (excluding diaryl/α,β-unsaturated/α-hetero) is 2. The molecule has 13 N–H and O–H groups in total. The minimum atomic E-state index is -2.47. The van der Waals surface area contributed by atoms with Gasteiger partial charge in [-0.15, -0.1) is 5.10 Å². The summed E-state index contributed by atoms with van der Waals surface area (Å²) in [4.78, 5) is 115. The number of nitrogens with zero attached hydrogens (tertiary/aromatic N) is 9. The van der Waals surface area contributed by atoms with E-state index in [1.165, 1.54) is 11.2 Å². The van der Waals surface area contributed by atoms with E-state index >= 15 is 4.79 Å². The first kappa shape index (κ1) is 101. The summed E-state index contributed by atoms with van der Waals surface area (Å²) in [7, 11) is 3.16. The Morgan fingerprint density at radius 2 is 1.47 bits per heavy atom. The molecule has 0 spiro atoms. The largest absolute Gasteiger partial charge is 0.459 e. The molecule has 0 radical (unpaired) electrons. The van der Waals surface area contributed by atoms with Crippen LogP contribution in [0.3, 0.4) is 0 Å². The van der Waals surface area contributed by atoms with Crippen molar-refractivity contribution in [3.05, 3.63) is 126 Å². The third kappa shape index (κ3) is 30.9. The van der Waals surface area contributed by atoms with Gasteiger partial charge in [0.15, 0.2) is 11.4 Å². The van der Waals surface area contributed by atoms with Gasteiger partial charge in [0.25, 0.3) is 11.7 Å². The second-order valence-corrected chi connectivity index (χ2v) is 33.7. The lowest BCUT2D eigenvalue weighted by Gasteiger charge is -2.40. The molecule has 4 aliphatic rings. The number of cyclic esters (lactones) is 1. The maximum absolute atomic E-state index is 15.1. The molecule has 3 fully saturated rings. The van der Waals surface area contributed by atoms with Gasteiger partial charge in [-0.3, -0.25) is 24.0 Å². The molecule has 4 aromatic heterocycles. The summed E-state index contributed by atoms with van der Waals surface area (Å²) in [6, 6.07) is 14.5. The molecule has 1 saturated carbocycles. The predicted molar refractivity (Wildman–Crippen MR) is 480 cm³/mol. The van der Waals surface area contributed by atoms with Crippen LogP contribution < -0.4 is 33.2 Å². The fraction of sp³-hybridized carbons (Fsp3) is 0.598. The van der Waals surface area contributed by atoms with E-state index in [0.717, 1.165) is 40.6 Å². The zero-order valence-corrected chi connectivity index (χ0v) is 75.3. The molecule has 2 bridgehead atoms. The molecule has 6 aromatic rings. The Morgan fingerprint density at radius 1 is 0.752 bits per heavy atom. The van der Waals surface area contributed by atoms with Crippen LogP contribution in [-0.2, 0) is 101 Å². The van der Waals surface area contributed by atoms with Crippen LogP contribution in [0.25, 0.3) is 33.3 Å². The number of aliphatic hydroxyl groups is 3. The SMILES string of the molecule is CO[C@H]1C[C@@H]2CCC[C@@](O)(O2)C(=O)C(=O)N2CCCC[C@H]2C(=O)O[C@H]([C@H](N)C[C@@H]2CC[C@H](n3cc(COC(=O)NCCOCCOCCOCCC(=O)NCCOCCOCCC(=O)NCCCCn4nc(-c5cc6cc(N)ccc6[nH]5)c5c(N)ncnc54)nn3)[C@H](OC)C2)C/C(=N/OCc2ccccc2)[C@H](C)/C=C(\C)[C@@H](O)[C@@H](O)C(=O)[C@H](C)C[C@H](C)/C=C/C=C/C=C/1C. The molecular formula is C92H132N16O21. The standard InChI is InChI=1S/C92H132N16O21/c1-59-19-10-8-11-20-60(2)76(119-6)53-69-23-18-31-92(118,129-69)86(114)89(115)106-35-16-14-24-75(106)90(116)128-77(54-72(104-127-56-64-21-12-9-13-22-64)61(3)48-63(5)84(112)85(113)83(111)62(4)47-59)70(94)49-65-25-28-74(78(50-65)120-7)108-55-68(102-105-108)57-126-91(117)98-34-40-124-44-46-125-45-42-122-38-30-80(110)97-33-39-123-43-41-121-37-29-79(109)96-32-15-17-36-107-88-81(87(95)99-58-100-88)82(103-107)73-52-66-51-67(93)26-27-71(66)101-73/h8-13,19-22,26-27,48,51-52,55,58-59,61-62,65,69-70,74-78,84-85,101,112-113,118H,14-18,23-25,28-47,49-50,53-54,56-57,93-94H2,1-7H3,(H,96,109)(H,97,110)(H,98,117)(H2,95,99,100)/b11-8+,19-10+,60-20+,63-48+,104-72-/t59-,61-,62-,65+,69+,70-,74+,75+,76+,77+,78-,84-,85+,92-/m1/s1. The lowest BCUT2D eigenvalue weighted by Crippen LogP contribution is -2.58. The van der Waals surface area contributed by atoms with Gasteiger partial charge in [-0.05, 0) is 144 Å². The van der Waals surface area contributed by atoms with Crippen molar-refractivity contribution < 1.29 is 101 Å². The predicted octanol–water partition coefficient (Wildman–Crippen LogP) is 7.70. The molecule has 14 atom stereocenters. The minimum Gasteiger partial charge on any atom is -0.459 e. The highest BCUT2D eigenvalue weighted by Crippen LogP contribution is 2.39. The van der Waals surface area contributed by atoms with Gasteiger partial charge < -0.3 is 111 Å². The molecule has 0 unspecified atom stereocenters. The number of carbonyl (C=O) groups excluding carboxylic acids is 7. The first-order valence-electron chi connectivity index (χ1n) is 45.0. The van der Waals surface area contributed by atoms with E-state index < -0.39 is 95.9 Å². The number of esters is 1. The second-order valence-electron chi connectivity index (χ2n) is 33.7. The third-order valence-corrected chi connectivity index (χ3v) is 23.7. The molecule has 2 aromatic carbocycles. The number of methoxy groups -OCH3 is 2. The number of aromatic amines is 1. The molecule has 129 heavy (non-hydrogen) atoms. The zero-order valence-electron chi connectivity index (χ0n) is 75.3. The van der Waals surface area contributed by atoms with Crippen LogP contribution in [0.2, 0.25) is 0 Å². The van der Waals surface area contributed by atoms with Crippen LogP contribution in [-0.4, -0.2) is 268 Å². The van der Waals surface area contributed by atoms with Crippen LogP contribution in [0, 0.1) is 23.7 Å². The van der Waals surface area contributed by atoms with Crippen LogP contribution in [0.1, 0.15) is 161 Å². The first-order chi connectivity index (χ1) is 62.3. The number of ketones is 2. The summed E-state index contributed by atoms with van der Waals surface area (Å²) in [5, 5.41) is 63.4. The van der Waals surface area contributed by atoms with Crippen LogP contribution in [0.15, 0.2) is 120 Å². The maximum atomic E-state index is 15.1. The number of aliphatic hydroxyl groups excluding tert-OH is 2. The Bertz CT molecular complexity index is 4750. The summed E-state index contributed by atoms with van der Waals surface area (Å²) >= 11 is 0. The van der Waals surface area contributed by atoms with Crippen molar-refractivity contribution in [1.82, 2.24) is 60.6 Å². The molecule has 37 nitrogen and oxygen atoms in total. The van der Waals surface area contributed by atoms with Gasteiger partial charge in [0, 0.05) is 114 Å². The number of rotatable bonds is 38. The number of ether oxygens (including phenoxy) is 10. The smallest absolute Gasteiger partial charge is 0.407 e. The molecule has 10 rings (SSSR count). The number of amides is 4. The number of oxime groups is 1. The topological polar surface area (TPSA) is 502 Å². The van der Waals surface area contributed by atoms with Crippen molar-refractivity contribution in [2.75, 3.05) is 118 Å². The molecule has 7 heterocycles. The number of benzene rings is 2. The lowest BCUT2D eigenvalue weighted by molar-refractivity contribution is -0.245. The Balaban J connectivity index is 0.615. The van der Waals surface area contributed by atoms with Crippen molar-refractivity contribution in [3.8, 4) is 11.4 Å². The number of alkyl carbamates (subject to hydrolysis) is 1. The number of aromatic nitrogens is 8. The van der Waals surface area contributed by atoms with Crippen molar-refractivity contribution >= 4 is 80.5 Å². The Hall–Kier alpha value is -10.3. The maximum Gasteiger partial charge on any atom is 0.407 e. The fourth-order valence-electron chi connectivity index (χ4n) is 16.5. The first-order valence-corrected chi connectivity index (χ1v) is 45.0. The molecule has 706 valence electrons. The minimum absolute atomic E-state index is 0.0185. The van der Waals surface area contributed by atoms with Crippen molar-refractivity contribution in [1.29, 1.82) is 0 Å². The van der Waals surface area contributed by atoms with Crippen molar-refractivity contribution in [2.45, 2.75) is 224 Å². The summed E-state index contributed by atoms with van der Waals surface area (Å²) < 4.78 is 61.5. The van der Waals surface area contributed by atoms with Crippen molar-refractivity contribution in [3.63, 3.8) is 0 Å². The average molecular weight is 1800 g/mol. The van der Waals surface area contributed by atoms with Gasteiger partial charge in [0.05, 0.1) is 113 Å². The highest BCUT2D eigenvalue weighted by Gasteiger charge is 2.50. The summed E-state index contributed by atoms with van der Waals surface area (Å²) in [6.07, 6.45) is 13.6. The van der Waals surface area contributed by atoms with E-state index in [-0.39, 0.29) is 146 Å². The third-order valence-electron chi connectivity index (χ3n) is 23.7. The molecule has 1 aliphatic carbocycles. The monoisotopic (exact) mass is 1800 g/mol. The highest BCUT2D eigenvalue weighted by atomic mass is 16.6. The average Bonchev–Trinajstić information content (AvgIpc) is 1.48. The van der Waals surface area contributed by atoms with E-state index in [9.17, 15) is 44.1 Å². The van der Waals surface area contributed by atoms with Gasteiger partial charge in [-0.1, -0.05) is 97.9 Å². The molecular weight excluding hydrogens is 1670 g/mol. The number of anilines is 2. The van der Waals surface area contributed by atoms with Gasteiger partial charge in [0.2, 0.25) is 17.6 Å². The van der Waals surface area contributed by atoms with Crippen LogP contribution in [0.5, 0.6) is 0 Å². The summed E-state index contributed by atoms with van der Waals surface area (Å²) in [5.74, 6) is -7.55. The lowest BCUT2D eigenvalue weighted by atomic mass is 9.79. The number of unbranched alkanes of at least 4 members (excludes halogenated alkanes) is 1. The van der Waals surface area contributed by atoms with Gasteiger partial charge in [-0.2, -0.15) is 5.10 Å². The number of hydrogen-bond acceptors (Lipinski definition) is 30. The number of hydrogen-bond donors (Lipinski definition) is 10. The fourth-order valence-corrected chi connectivity index (χ4v) is 16.5. The van der Waals surface area contributed by atoms with Gasteiger partial charge in [0.1, 0.15) is 61.1 Å². The molecule has 2 saturated heterocycles. The number of aryl methyl sites for hydroxylation is 1. The Kier molecular flexibility index (Phi) is 40.6. The molecule has 3 aliphatic heterocycles. The van der Waals surface area contributed by atoms with Gasteiger partial charge >= 0.3 is 12.1 Å². The van der Waals surface area contributed by atoms with Crippen LogP contribution in [0.4, 0.5) is 16.3 Å². The number of nitrogens with two attached hydrogens (primary N) is 3. The van der Waals surface area contributed by atoms with Crippen LogP contribution >= 0.6 is 0 Å². The quantitative estimate of drug-likeness (QED) is 0.00443. The Labute approximate surface area is 752 Å². The number of carbonyl (C=O) groups is 7. The number of H-pyrrole nitrogens is 1. The van der Waals surface area contributed by atoms with E-state index in [4.69, 9.17) is 74.5 Å². The van der Waals surface area contributed by atoms with E-state index in [1.54, 1.807) is 51.9 Å². The van der Waals surface area contributed by atoms with Crippen molar-refractivity contribution in [2.24, 2.45) is 34.6 Å². The number of piperidine rings is 1.